The molecule has 0 aliphatic rings. The van der Waals surface area contributed by atoms with E-state index in [9.17, 15) is 4.79 Å². The van der Waals surface area contributed by atoms with Crippen molar-refractivity contribution in [3.8, 4) is 0 Å². The van der Waals surface area contributed by atoms with Gasteiger partial charge in [-0.25, -0.2) is 0 Å². The number of aliphatic hydroxyl groups is 2. The standard InChI is InChI=1S/C10H22N2O3/c1-7(2)8(3)12-10(15)4-11-9(5-13)6-14/h7-9,11,13-14H,4-6H2,1-3H3,(H,12,15). The Labute approximate surface area is 90.9 Å². The number of rotatable bonds is 7. The molecule has 0 aromatic carbocycles. The minimum absolute atomic E-state index is 0.114. The summed E-state index contributed by atoms with van der Waals surface area (Å²) in [7, 11) is 0. The Morgan fingerprint density at radius 1 is 1.20 bits per heavy atom. The molecule has 0 bridgehead atoms. The third-order valence-corrected chi connectivity index (χ3v) is 2.38. The molecule has 0 radical (unpaired) electrons. The van der Waals surface area contributed by atoms with Gasteiger partial charge in [-0.2, -0.15) is 0 Å². The Balaban J connectivity index is 3.74. The fraction of sp³-hybridized carbons (Fsp3) is 0.900. The van der Waals surface area contributed by atoms with Crippen LogP contribution in [0.1, 0.15) is 20.8 Å². The summed E-state index contributed by atoms with van der Waals surface area (Å²) in [4.78, 5) is 11.4. The van der Waals surface area contributed by atoms with E-state index in [2.05, 4.69) is 10.6 Å². The lowest BCUT2D eigenvalue weighted by molar-refractivity contribution is -0.121. The average Bonchev–Trinajstić information content (AvgIpc) is 2.19. The molecule has 1 atom stereocenters. The minimum atomic E-state index is -0.426. The summed E-state index contributed by atoms with van der Waals surface area (Å²) in [6.07, 6.45) is 0. The van der Waals surface area contributed by atoms with Crippen LogP contribution in [0.25, 0.3) is 0 Å². The number of carbonyl (C=O) groups is 1. The zero-order valence-electron chi connectivity index (χ0n) is 9.66. The molecule has 4 N–H and O–H groups in total. The van der Waals surface area contributed by atoms with Crippen LogP contribution >= 0.6 is 0 Å². The second-order valence-electron chi connectivity index (χ2n) is 4.04. The summed E-state index contributed by atoms with van der Waals surface area (Å²) in [5, 5.41) is 23.1. The lowest BCUT2D eigenvalue weighted by Crippen LogP contribution is -2.45. The van der Waals surface area contributed by atoms with Gasteiger partial charge in [-0.3, -0.25) is 4.79 Å². The van der Waals surface area contributed by atoms with E-state index in [1.165, 1.54) is 0 Å². The van der Waals surface area contributed by atoms with Crippen LogP contribution in [0.5, 0.6) is 0 Å². The highest BCUT2D eigenvalue weighted by Crippen LogP contribution is 1.98. The highest BCUT2D eigenvalue weighted by Gasteiger charge is 2.12. The van der Waals surface area contributed by atoms with E-state index in [1.54, 1.807) is 0 Å². The summed E-state index contributed by atoms with van der Waals surface area (Å²) in [5.74, 6) is 0.267. The van der Waals surface area contributed by atoms with Crippen molar-refractivity contribution < 1.29 is 15.0 Å². The predicted molar refractivity (Wildman–Crippen MR) is 58.4 cm³/mol. The lowest BCUT2D eigenvalue weighted by atomic mass is 10.1. The quantitative estimate of drug-likeness (QED) is 0.446. The Kier molecular flexibility index (Phi) is 7.29. The second kappa shape index (κ2) is 7.62. The first-order valence-electron chi connectivity index (χ1n) is 5.25. The van der Waals surface area contributed by atoms with E-state index in [1.807, 2.05) is 20.8 Å². The fourth-order valence-electron chi connectivity index (χ4n) is 0.896. The normalized spacial score (nSPS) is 13.3. The molecule has 1 amide bonds. The molecular weight excluding hydrogens is 196 g/mol. The van der Waals surface area contributed by atoms with Crippen LogP contribution in [0.4, 0.5) is 0 Å². The van der Waals surface area contributed by atoms with Gasteiger partial charge in [-0.05, 0) is 12.8 Å². The number of carbonyl (C=O) groups excluding carboxylic acids is 1. The van der Waals surface area contributed by atoms with Crippen molar-refractivity contribution >= 4 is 5.91 Å². The molecule has 0 spiro atoms. The predicted octanol–water partition coefficient (Wildman–Crippen LogP) is -0.910. The number of hydrogen-bond donors (Lipinski definition) is 4. The summed E-state index contributed by atoms with van der Waals surface area (Å²) in [5.41, 5.74) is 0. The van der Waals surface area contributed by atoms with Gasteiger partial charge in [-0.15, -0.1) is 0 Å². The summed E-state index contributed by atoms with van der Waals surface area (Å²) in [6, 6.07) is -0.300. The molecule has 0 aromatic rings. The van der Waals surface area contributed by atoms with Crippen LogP contribution in [0.3, 0.4) is 0 Å². The van der Waals surface area contributed by atoms with Crippen LogP contribution in [0.15, 0.2) is 0 Å². The molecular formula is C10H22N2O3. The molecule has 0 saturated carbocycles. The topological polar surface area (TPSA) is 81.6 Å². The van der Waals surface area contributed by atoms with Crippen molar-refractivity contribution in [2.24, 2.45) is 5.92 Å². The number of nitrogens with one attached hydrogen (secondary N) is 2. The highest BCUT2D eigenvalue weighted by molar-refractivity contribution is 5.78. The van der Waals surface area contributed by atoms with Gasteiger partial charge in [0, 0.05) is 6.04 Å². The maximum atomic E-state index is 11.4. The molecule has 0 heterocycles. The second-order valence-corrected chi connectivity index (χ2v) is 4.04. The Hall–Kier alpha value is -0.650. The van der Waals surface area contributed by atoms with E-state index < -0.39 is 6.04 Å². The molecule has 15 heavy (non-hydrogen) atoms. The molecule has 0 aliphatic carbocycles. The summed E-state index contributed by atoms with van der Waals surface area (Å²) >= 11 is 0. The van der Waals surface area contributed by atoms with Crippen molar-refractivity contribution in [3.05, 3.63) is 0 Å². The third kappa shape index (κ3) is 6.43. The van der Waals surface area contributed by atoms with Gasteiger partial charge < -0.3 is 20.8 Å². The van der Waals surface area contributed by atoms with Crippen molar-refractivity contribution in [1.82, 2.24) is 10.6 Å². The molecule has 0 aliphatic heterocycles. The molecule has 5 heteroatoms. The number of amides is 1. The maximum absolute atomic E-state index is 11.4. The van der Waals surface area contributed by atoms with Gasteiger partial charge in [0.25, 0.3) is 0 Å². The van der Waals surface area contributed by atoms with E-state index >= 15 is 0 Å². The van der Waals surface area contributed by atoms with Gasteiger partial charge in [0.15, 0.2) is 0 Å². The molecule has 0 saturated heterocycles. The van der Waals surface area contributed by atoms with Crippen LogP contribution in [-0.2, 0) is 4.79 Å². The molecule has 5 nitrogen and oxygen atoms in total. The van der Waals surface area contributed by atoms with E-state index in [0.717, 1.165) is 0 Å². The van der Waals surface area contributed by atoms with Crippen LogP contribution < -0.4 is 10.6 Å². The average molecular weight is 218 g/mol. The largest absolute Gasteiger partial charge is 0.395 e. The number of hydrogen-bond acceptors (Lipinski definition) is 4. The Morgan fingerprint density at radius 3 is 2.13 bits per heavy atom. The fourth-order valence-corrected chi connectivity index (χ4v) is 0.896. The first kappa shape index (κ1) is 14.3. The van der Waals surface area contributed by atoms with Gasteiger partial charge >= 0.3 is 0 Å². The monoisotopic (exact) mass is 218 g/mol. The molecule has 0 fully saturated rings. The van der Waals surface area contributed by atoms with Crippen LogP contribution in [0.2, 0.25) is 0 Å². The highest BCUT2D eigenvalue weighted by atomic mass is 16.3. The zero-order valence-corrected chi connectivity index (χ0v) is 9.66. The van der Waals surface area contributed by atoms with Crippen molar-refractivity contribution in [3.63, 3.8) is 0 Å². The lowest BCUT2D eigenvalue weighted by Gasteiger charge is -2.19. The minimum Gasteiger partial charge on any atom is -0.395 e. The Morgan fingerprint density at radius 2 is 1.73 bits per heavy atom. The molecule has 0 aromatic heterocycles. The summed E-state index contributed by atoms with van der Waals surface area (Å²) < 4.78 is 0. The van der Waals surface area contributed by atoms with Crippen molar-refractivity contribution in [1.29, 1.82) is 0 Å². The van der Waals surface area contributed by atoms with Crippen molar-refractivity contribution in [2.45, 2.75) is 32.9 Å². The Bertz CT molecular complexity index is 182. The third-order valence-electron chi connectivity index (χ3n) is 2.38. The first-order valence-corrected chi connectivity index (χ1v) is 5.25. The van der Waals surface area contributed by atoms with Gasteiger partial charge in [0.05, 0.1) is 25.8 Å². The van der Waals surface area contributed by atoms with Crippen LogP contribution in [0, 0.1) is 5.92 Å². The smallest absolute Gasteiger partial charge is 0.234 e. The van der Waals surface area contributed by atoms with E-state index in [0.29, 0.717) is 5.92 Å². The van der Waals surface area contributed by atoms with Crippen LogP contribution in [-0.4, -0.2) is 48.0 Å². The van der Waals surface area contributed by atoms with E-state index in [-0.39, 0.29) is 31.7 Å². The summed E-state index contributed by atoms with van der Waals surface area (Å²) in [6.45, 7) is 5.76. The molecule has 1 unspecified atom stereocenters. The maximum Gasteiger partial charge on any atom is 0.234 e. The van der Waals surface area contributed by atoms with Gasteiger partial charge in [-0.1, -0.05) is 13.8 Å². The van der Waals surface area contributed by atoms with E-state index in [4.69, 9.17) is 10.2 Å². The molecule has 90 valence electrons. The van der Waals surface area contributed by atoms with Crippen molar-refractivity contribution in [2.75, 3.05) is 19.8 Å². The van der Waals surface area contributed by atoms with Gasteiger partial charge in [0.1, 0.15) is 0 Å². The first-order chi connectivity index (χ1) is 7.01. The number of aliphatic hydroxyl groups excluding tert-OH is 2. The van der Waals surface area contributed by atoms with Gasteiger partial charge in [0.2, 0.25) is 5.91 Å². The zero-order chi connectivity index (χ0) is 11.8. The molecule has 0 rings (SSSR count). The SMILES string of the molecule is CC(C)C(C)NC(=O)CNC(CO)CO.